The summed E-state index contributed by atoms with van der Waals surface area (Å²) in [7, 11) is 4.14. The minimum absolute atomic E-state index is 0.127. The van der Waals surface area contributed by atoms with Gasteiger partial charge in [-0.15, -0.1) is 0 Å². The first-order valence-electron chi connectivity index (χ1n) is 6.16. The zero-order valence-corrected chi connectivity index (χ0v) is 11.1. The maximum absolute atomic E-state index is 11.5. The van der Waals surface area contributed by atoms with E-state index < -0.39 is 0 Å². The topological polar surface area (TPSA) is 41.6 Å². The Hall–Kier alpha value is -0.610. The highest BCUT2D eigenvalue weighted by atomic mass is 16.5. The van der Waals surface area contributed by atoms with Crippen LogP contribution in [0.15, 0.2) is 0 Å². The summed E-state index contributed by atoms with van der Waals surface area (Å²) < 4.78 is 4.98. The maximum Gasteiger partial charge on any atom is 0.323 e. The molecule has 96 valence electrons. The van der Waals surface area contributed by atoms with Crippen LogP contribution in [0.1, 0.15) is 33.1 Å². The van der Waals surface area contributed by atoms with Crippen LogP contribution in [0.2, 0.25) is 0 Å². The molecule has 4 nitrogen and oxygen atoms in total. The molecule has 0 aromatic rings. The lowest BCUT2D eigenvalue weighted by molar-refractivity contribution is -0.145. The van der Waals surface area contributed by atoms with Crippen molar-refractivity contribution in [3.8, 4) is 0 Å². The molecule has 0 saturated carbocycles. The summed E-state index contributed by atoms with van der Waals surface area (Å²) in [5.74, 6) is -0.127. The van der Waals surface area contributed by atoms with E-state index in [1.165, 1.54) is 0 Å². The average Bonchev–Trinajstić information content (AvgIpc) is 2.23. The van der Waals surface area contributed by atoms with E-state index in [2.05, 4.69) is 24.3 Å². The zero-order chi connectivity index (χ0) is 12.4. The minimum atomic E-state index is -0.140. The molecule has 0 bridgehead atoms. The Morgan fingerprint density at radius 2 is 2.00 bits per heavy atom. The fraction of sp³-hybridized carbons (Fsp3) is 0.917. The van der Waals surface area contributed by atoms with E-state index in [9.17, 15) is 4.79 Å². The summed E-state index contributed by atoms with van der Waals surface area (Å²) in [6.07, 6.45) is 3.03. The van der Waals surface area contributed by atoms with Gasteiger partial charge in [-0.25, -0.2) is 0 Å². The molecule has 1 atom stereocenters. The van der Waals surface area contributed by atoms with Crippen molar-refractivity contribution in [3.63, 3.8) is 0 Å². The summed E-state index contributed by atoms with van der Waals surface area (Å²) >= 11 is 0. The Balaban J connectivity index is 3.59. The van der Waals surface area contributed by atoms with E-state index in [4.69, 9.17) is 4.74 Å². The van der Waals surface area contributed by atoms with Crippen molar-refractivity contribution < 1.29 is 9.53 Å². The number of ether oxygens (including phenoxy) is 1. The third-order valence-electron chi connectivity index (χ3n) is 2.40. The standard InChI is InChI=1S/C12H26N2O2/c1-5-11(12(15)16-6-2)13-9-7-8-10-14(3)4/h11,13H,5-10H2,1-4H3. The molecule has 0 aliphatic carbocycles. The number of hydrogen-bond acceptors (Lipinski definition) is 4. The monoisotopic (exact) mass is 230 g/mol. The highest BCUT2D eigenvalue weighted by Crippen LogP contribution is 1.96. The molecule has 16 heavy (non-hydrogen) atoms. The van der Waals surface area contributed by atoms with Crippen LogP contribution in [0, 0.1) is 0 Å². The average molecular weight is 230 g/mol. The molecule has 0 aromatic carbocycles. The number of unbranched alkanes of at least 4 members (excludes halogenated alkanes) is 1. The van der Waals surface area contributed by atoms with E-state index >= 15 is 0 Å². The molecule has 0 rings (SSSR count). The lowest BCUT2D eigenvalue weighted by atomic mass is 10.2. The zero-order valence-electron chi connectivity index (χ0n) is 11.1. The molecule has 1 unspecified atom stereocenters. The first-order valence-corrected chi connectivity index (χ1v) is 6.16. The van der Waals surface area contributed by atoms with Gasteiger partial charge in [0.15, 0.2) is 0 Å². The SMILES string of the molecule is CCOC(=O)C(CC)NCCCCN(C)C. The number of carbonyl (C=O) groups excluding carboxylic acids is 1. The second kappa shape index (κ2) is 9.60. The molecule has 0 fully saturated rings. The second-order valence-corrected chi connectivity index (χ2v) is 4.18. The number of esters is 1. The van der Waals surface area contributed by atoms with Crippen LogP contribution in [0.4, 0.5) is 0 Å². The number of rotatable bonds is 9. The molecule has 1 N–H and O–H groups in total. The normalized spacial score (nSPS) is 12.8. The molecule has 0 heterocycles. The third-order valence-corrected chi connectivity index (χ3v) is 2.40. The van der Waals surface area contributed by atoms with Crippen molar-refractivity contribution in [2.75, 3.05) is 33.8 Å². The van der Waals surface area contributed by atoms with Gasteiger partial charge in [0.25, 0.3) is 0 Å². The van der Waals surface area contributed by atoms with Gasteiger partial charge in [-0.05, 0) is 53.4 Å². The van der Waals surface area contributed by atoms with Crippen LogP contribution in [0.5, 0.6) is 0 Å². The van der Waals surface area contributed by atoms with Crippen molar-refractivity contribution in [2.24, 2.45) is 0 Å². The van der Waals surface area contributed by atoms with Gasteiger partial charge in [0.05, 0.1) is 6.61 Å². The number of nitrogens with one attached hydrogen (secondary N) is 1. The van der Waals surface area contributed by atoms with Crippen molar-refractivity contribution in [2.45, 2.75) is 39.2 Å². The molecule has 0 saturated heterocycles. The first-order chi connectivity index (χ1) is 7.61. The van der Waals surface area contributed by atoms with E-state index in [1.807, 2.05) is 13.8 Å². The van der Waals surface area contributed by atoms with Crippen molar-refractivity contribution in [3.05, 3.63) is 0 Å². The van der Waals surface area contributed by atoms with Gasteiger partial charge in [0, 0.05) is 0 Å². The number of hydrogen-bond donors (Lipinski definition) is 1. The summed E-state index contributed by atoms with van der Waals surface area (Å²) in [5, 5.41) is 3.23. The summed E-state index contributed by atoms with van der Waals surface area (Å²) in [6, 6.07) is -0.140. The second-order valence-electron chi connectivity index (χ2n) is 4.18. The summed E-state index contributed by atoms with van der Waals surface area (Å²) in [5.41, 5.74) is 0. The van der Waals surface area contributed by atoms with Crippen LogP contribution in [0.3, 0.4) is 0 Å². The Bertz CT molecular complexity index is 184. The molecule has 0 aromatic heterocycles. The lowest BCUT2D eigenvalue weighted by Crippen LogP contribution is -2.38. The number of nitrogens with zero attached hydrogens (tertiary/aromatic N) is 1. The van der Waals surface area contributed by atoms with Gasteiger partial charge in [-0.1, -0.05) is 6.92 Å². The Morgan fingerprint density at radius 3 is 2.50 bits per heavy atom. The van der Waals surface area contributed by atoms with Crippen LogP contribution >= 0.6 is 0 Å². The maximum atomic E-state index is 11.5. The lowest BCUT2D eigenvalue weighted by Gasteiger charge is -2.15. The van der Waals surface area contributed by atoms with E-state index in [-0.39, 0.29) is 12.0 Å². The van der Waals surface area contributed by atoms with Gasteiger partial charge < -0.3 is 15.0 Å². The molecule has 0 radical (unpaired) electrons. The molecular weight excluding hydrogens is 204 g/mol. The molecule has 0 spiro atoms. The van der Waals surface area contributed by atoms with Gasteiger partial charge in [0.1, 0.15) is 6.04 Å². The Labute approximate surface area is 99.3 Å². The highest BCUT2D eigenvalue weighted by Gasteiger charge is 2.15. The predicted octanol–water partition coefficient (Wildman–Crippen LogP) is 1.26. The van der Waals surface area contributed by atoms with Crippen molar-refractivity contribution in [1.29, 1.82) is 0 Å². The van der Waals surface area contributed by atoms with E-state index in [0.717, 1.165) is 32.4 Å². The summed E-state index contributed by atoms with van der Waals surface area (Å²) in [4.78, 5) is 13.6. The molecule has 0 amide bonds. The molecular formula is C12H26N2O2. The minimum Gasteiger partial charge on any atom is -0.465 e. The van der Waals surface area contributed by atoms with Crippen LogP contribution in [0.25, 0.3) is 0 Å². The number of carbonyl (C=O) groups is 1. The van der Waals surface area contributed by atoms with Crippen LogP contribution < -0.4 is 5.32 Å². The predicted molar refractivity (Wildman–Crippen MR) is 66.5 cm³/mol. The van der Waals surface area contributed by atoms with Crippen LogP contribution in [-0.2, 0) is 9.53 Å². The van der Waals surface area contributed by atoms with Crippen molar-refractivity contribution in [1.82, 2.24) is 10.2 Å². The van der Waals surface area contributed by atoms with E-state index in [0.29, 0.717) is 6.61 Å². The Kier molecular flexibility index (Phi) is 9.24. The van der Waals surface area contributed by atoms with E-state index in [1.54, 1.807) is 0 Å². The third kappa shape index (κ3) is 7.65. The van der Waals surface area contributed by atoms with Gasteiger partial charge >= 0.3 is 5.97 Å². The van der Waals surface area contributed by atoms with Gasteiger partial charge in [-0.3, -0.25) is 4.79 Å². The largest absolute Gasteiger partial charge is 0.465 e. The van der Waals surface area contributed by atoms with Gasteiger partial charge in [0.2, 0.25) is 0 Å². The molecule has 4 heteroatoms. The van der Waals surface area contributed by atoms with Gasteiger partial charge in [-0.2, -0.15) is 0 Å². The Morgan fingerprint density at radius 1 is 1.31 bits per heavy atom. The van der Waals surface area contributed by atoms with Crippen molar-refractivity contribution >= 4 is 5.97 Å². The molecule has 0 aliphatic heterocycles. The smallest absolute Gasteiger partial charge is 0.323 e. The fourth-order valence-corrected chi connectivity index (χ4v) is 1.47. The molecule has 0 aliphatic rings. The first kappa shape index (κ1) is 15.4. The van der Waals surface area contributed by atoms with Crippen LogP contribution in [-0.4, -0.2) is 50.7 Å². The quantitative estimate of drug-likeness (QED) is 0.478. The highest BCUT2D eigenvalue weighted by molar-refractivity contribution is 5.75. The fourth-order valence-electron chi connectivity index (χ4n) is 1.47. The summed E-state index contributed by atoms with van der Waals surface area (Å²) in [6.45, 7) is 6.26.